The molecule has 0 radical (unpaired) electrons. The Morgan fingerprint density at radius 3 is 2.04 bits per heavy atom. The Morgan fingerprint density at radius 2 is 1.46 bits per heavy atom. The first-order valence-corrected chi connectivity index (χ1v) is 10.5. The average molecular weight is 444 g/mol. The van der Waals surface area contributed by atoms with Crippen LogP contribution in [-0.4, -0.2) is 19.8 Å². The predicted octanol–water partition coefficient (Wildman–Crippen LogP) is 7.01. The summed E-state index contributed by atoms with van der Waals surface area (Å²) in [5.74, 6) is 2.54. The van der Waals surface area contributed by atoms with Crippen molar-refractivity contribution in [1.82, 2.24) is 0 Å². The lowest BCUT2D eigenvalue weighted by molar-refractivity contribution is 0.244. The molecule has 0 atom stereocenters. The van der Waals surface area contributed by atoms with Crippen molar-refractivity contribution in [2.24, 2.45) is 0 Å². The summed E-state index contributed by atoms with van der Waals surface area (Å²) >= 11 is 17.1. The summed E-state index contributed by atoms with van der Waals surface area (Å²) < 4.78 is 17.7. The van der Waals surface area contributed by atoms with E-state index in [1.54, 1.807) is 6.08 Å². The molecular weight excluding hydrogens is 419 g/mol. The summed E-state index contributed by atoms with van der Waals surface area (Å²) in [5.41, 5.74) is 2.24. The average Bonchev–Trinajstić information content (AvgIpc) is 2.69. The van der Waals surface area contributed by atoms with Crippen molar-refractivity contribution in [2.75, 3.05) is 19.8 Å². The van der Waals surface area contributed by atoms with Gasteiger partial charge in [-0.25, -0.2) is 0 Å². The predicted molar refractivity (Wildman–Crippen MR) is 118 cm³/mol. The minimum atomic E-state index is 0.201. The topological polar surface area (TPSA) is 27.7 Å². The summed E-state index contributed by atoms with van der Waals surface area (Å²) in [7, 11) is 0. The van der Waals surface area contributed by atoms with E-state index in [2.05, 4.69) is 13.8 Å². The van der Waals surface area contributed by atoms with Gasteiger partial charge in [-0.3, -0.25) is 0 Å². The van der Waals surface area contributed by atoms with E-state index in [1.807, 2.05) is 36.4 Å². The zero-order valence-corrected chi connectivity index (χ0v) is 18.4. The lowest BCUT2D eigenvalue weighted by Crippen LogP contribution is -2.08. The molecule has 3 nitrogen and oxygen atoms in total. The largest absolute Gasteiger partial charge is 0.493 e. The lowest BCUT2D eigenvalue weighted by Gasteiger charge is -2.17. The van der Waals surface area contributed by atoms with Crippen molar-refractivity contribution in [2.45, 2.75) is 33.1 Å². The van der Waals surface area contributed by atoms with Crippen molar-refractivity contribution in [1.29, 1.82) is 0 Å². The molecule has 0 aliphatic carbocycles. The second-order valence-electron chi connectivity index (χ2n) is 6.09. The summed E-state index contributed by atoms with van der Waals surface area (Å²) in [6, 6.07) is 11.4. The third-order valence-electron chi connectivity index (χ3n) is 4.08. The zero-order valence-electron chi connectivity index (χ0n) is 16.1. The first-order chi connectivity index (χ1) is 13.5. The molecule has 28 heavy (non-hydrogen) atoms. The molecule has 0 amide bonds. The van der Waals surface area contributed by atoms with Crippen LogP contribution in [0.3, 0.4) is 0 Å². The second kappa shape index (κ2) is 12.1. The van der Waals surface area contributed by atoms with Crippen molar-refractivity contribution in [3.8, 4) is 17.2 Å². The van der Waals surface area contributed by atoms with Crippen LogP contribution >= 0.6 is 34.8 Å². The maximum Gasteiger partial charge on any atom is 0.125 e. The van der Waals surface area contributed by atoms with Crippen molar-refractivity contribution in [3.05, 3.63) is 63.1 Å². The maximum absolute atomic E-state index is 6.09. The Labute approximate surface area is 182 Å². The lowest BCUT2D eigenvalue weighted by atomic mass is 10.0. The van der Waals surface area contributed by atoms with Gasteiger partial charge in [-0.15, -0.1) is 0 Å². The molecule has 0 saturated carbocycles. The summed E-state index contributed by atoms with van der Waals surface area (Å²) in [6.07, 6.45) is 4.11. The molecular formula is C22H25Cl3O3. The Bertz CT molecular complexity index is 744. The van der Waals surface area contributed by atoms with Crippen LogP contribution in [0.1, 0.15) is 31.4 Å². The van der Waals surface area contributed by atoms with Crippen LogP contribution in [0.5, 0.6) is 17.2 Å². The second-order valence-corrected chi connectivity index (χ2v) is 7.53. The molecule has 0 aliphatic heterocycles. The van der Waals surface area contributed by atoms with Gasteiger partial charge in [0.25, 0.3) is 0 Å². The van der Waals surface area contributed by atoms with E-state index in [-0.39, 0.29) is 4.49 Å². The monoisotopic (exact) mass is 442 g/mol. The highest BCUT2D eigenvalue weighted by Gasteiger charge is 2.11. The van der Waals surface area contributed by atoms with Crippen molar-refractivity contribution < 1.29 is 14.2 Å². The fourth-order valence-electron chi connectivity index (χ4n) is 2.67. The van der Waals surface area contributed by atoms with Gasteiger partial charge in [-0.1, -0.05) is 48.7 Å². The number of aryl methyl sites for hydroxylation is 2. The van der Waals surface area contributed by atoms with E-state index < -0.39 is 0 Å². The van der Waals surface area contributed by atoms with Gasteiger partial charge in [0, 0.05) is 11.4 Å². The zero-order chi connectivity index (χ0) is 20.4. The van der Waals surface area contributed by atoms with E-state index in [4.69, 9.17) is 49.0 Å². The highest BCUT2D eigenvalue weighted by molar-refractivity contribution is 6.55. The number of halogens is 3. The minimum Gasteiger partial charge on any atom is -0.493 e. The molecule has 152 valence electrons. The van der Waals surface area contributed by atoms with Gasteiger partial charge in [0.05, 0.1) is 13.2 Å². The fraction of sp³-hybridized carbons (Fsp3) is 0.364. The van der Waals surface area contributed by atoms with Crippen LogP contribution in [0, 0.1) is 0 Å². The molecule has 0 spiro atoms. The van der Waals surface area contributed by atoms with Crippen LogP contribution < -0.4 is 14.2 Å². The third kappa shape index (κ3) is 7.46. The Morgan fingerprint density at radius 1 is 0.857 bits per heavy atom. The molecule has 0 bridgehead atoms. The highest BCUT2D eigenvalue weighted by atomic mass is 35.5. The fourth-order valence-corrected chi connectivity index (χ4v) is 2.92. The first-order valence-electron chi connectivity index (χ1n) is 9.34. The number of hydrogen-bond acceptors (Lipinski definition) is 3. The number of hydrogen-bond donors (Lipinski definition) is 0. The summed E-state index contributed by atoms with van der Waals surface area (Å²) in [4.78, 5) is 0. The van der Waals surface area contributed by atoms with Gasteiger partial charge in [0.15, 0.2) is 0 Å². The molecule has 0 unspecified atom stereocenters. The number of benzene rings is 2. The highest BCUT2D eigenvalue weighted by Crippen LogP contribution is 2.31. The van der Waals surface area contributed by atoms with E-state index in [0.29, 0.717) is 24.8 Å². The third-order valence-corrected chi connectivity index (χ3v) is 4.64. The van der Waals surface area contributed by atoms with Gasteiger partial charge in [-0.05, 0) is 66.4 Å². The van der Waals surface area contributed by atoms with Gasteiger partial charge in [0.2, 0.25) is 0 Å². The van der Waals surface area contributed by atoms with Crippen molar-refractivity contribution >= 4 is 34.8 Å². The van der Waals surface area contributed by atoms with E-state index in [0.717, 1.165) is 47.6 Å². The molecule has 0 N–H and O–H groups in total. The van der Waals surface area contributed by atoms with Crippen LogP contribution in [0.4, 0.5) is 0 Å². The summed E-state index contributed by atoms with van der Waals surface area (Å²) in [5, 5.41) is 0.698. The van der Waals surface area contributed by atoms with Crippen LogP contribution in [-0.2, 0) is 12.8 Å². The number of rotatable bonds is 11. The molecule has 2 aromatic carbocycles. The number of ether oxygens (including phenoxy) is 3. The van der Waals surface area contributed by atoms with E-state index in [1.165, 1.54) is 0 Å². The smallest absolute Gasteiger partial charge is 0.125 e. The Balaban J connectivity index is 1.91. The maximum atomic E-state index is 6.09. The normalized spacial score (nSPS) is 10.5. The van der Waals surface area contributed by atoms with Gasteiger partial charge in [0.1, 0.15) is 28.3 Å². The summed E-state index contributed by atoms with van der Waals surface area (Å²) in [6.45, 7) is 5.70. The van der Waals surface area contributed by atoms with Crippen LogP contribution in [0.2, 0.25) is 5.02 Å². The molecule has 6 heteroatoms. The molecule has 0 heterocycles. The van der Waals surface area contributed by atoms with Gasteiger partial charge < -0.3 is 14.2 Å². The van der Waals surface area contributed by atoms with Crippen LogP contribution in [0.25, 0.3) is 0 Å². The molecule has 2 aromatic rings. The van der Waals surface area contributed by atoms with Crippen LogP contribution in [0.15, 0.2) is 47.0 Å². The minimum absolute atomic E-state index is 0.201. The molecule has 0 aromatic heterocycles. The molecule has 0 aliphatic rings. The van der Waals surface area contributed by atoms with Crippen molar-refractivity contribution in [3.63, 3.8) is 0 Å². The standard InChI is InChI=1S/C22H25Cl3O3/c1-3-16-14-20(27-13-10-21(24)25)15-17(4-2)22(16)28-12-5-11-26-19-8-6-18(23)7-9-19/h6-10,14-15H,3-5,11-13H2,1-2H3. The van der Waals surface area contributed by atoms with E-state index in [9.17, 15) is 0 Å². The van der Waals surface area contributed by atoms with Gasteiger partial charge >= 0.3 is 0 Å². The van der Waals surface area contributed by atoms with Gasteiger partial charge in [-0.2, -0.15) is 0 Å². The molecule has 2 rings (SSSR count). The first kappa shape index (κ1) is 22.7. The molecule has 0 saturated heterocycles. The Hall–Kier alpha value is -1.55. The Kier molecular flexibility index (Phi) is 9.83. The van der Waals surface area contributed by atoms with E-state index >= 15 is 0 Å². The molecule has 0 fully saturated rings. The quantitative estimate of drug-likeness (QED) is 0.349. The SMILES string of the molecule is CCc1cc(OCC=C(Cl)Cl)cc(CC)c1OCCCOc1ccc(Cl)cc1.